The van der Waals surface area contributed by atoms with E-state index in [0.29, 0.717) is 16.6 Å². The molecule has 0 aliphatic carbocycles. The summed E-state index contributed by atoms with van der Waals surface area (Å²) in [5.74, 6) is 0. The fourth-order valence-electron chi connectivity index (χ4n) is 3.17. The Morgan fingerprint density at radius 1 is 0.840 bits per heavy atom. The monoisotopic (exact) mass is 409 g/mol. The van der Waals surface area contributed by atoms with E-state index in [9.17, 15) is 0 Å². The van der Waals surface area contributed by atoms with Gasteiger partial charge >= 0.3 is 0 Å². The number of hydrogen-bond acceptors (Lipinski definition) is 0. The minimum Gasteiger partial charge on any atom is -0.231 e. The van der Waals surface area contributed by atoms with Crippen LogP contribution in [0, 0.1) is 0 Å². The zero-order chi connectivity index (χ0) is 17.7. The predicted molar refractivity (Wildman–Crippen MR) is 106 cm³/mol. The molecule has 25 heavy (non-hydrogen) atoms. The highest BCUT2D eigenvalue weighted by Gasteiger charge is 2.26. The third-order valence-corrected chi connectivity index (χ3v) is 6.12. The number of rotatable bonds is 2. The first kappa shape index (κ1) is 17.0. The van der Waals surface area contributed by atoms with Gasteiger partial charge < -0.3 is 0 Å². The number of hydrogen-bond donors (Lipinski definition) is 0. The standard InChI is InChI=1S/C19H13Cl4N2/c1-24-10-25(19-17(23)15(21)14(20)16(22)18(19)24)9-11-6-7-12-4-2-3-5-13(12)8-11/h2-8,10H,9H2,1H3/q+1. The summed E-state index contributed by atoms with van der Waals surface area (Å²) in [5.41, 5.74) is 2.70. The maximum atomic E-state index is 6.47. The van der Waals surface area contributed by atoms with Crippen LogP contribution in [0.4, 0.5) is 0 Å². The zero-order valence-corrected chi connectivity index (χ0v) is 16.3. The van der Waals surface area contributed by atoms with E-state index in [0.717, 1.165) is 16.6 Å². The van der Waals surface area contributed by atoms with E-state index in [4.69, 9.17) is 46.4 Å². The summed E-state index contributed by atoms with van der Waals surface area (Å²) in [7, 11) is 1.91. The van der Waals surface area contributed by atoms with Crippen LogP contribution in [0.1, 0.15) is 5.56 Å². The molecule has 0 spiro atoms. The van der Waals surface area contributed by atoms with E-state index >= 15 is 0 Å². The summed E-state index contributed by atoms with van der Waals surface area (Å²) in [6.07, 6.45) is 1.95. The second kappa shape index (κ2) is 6.37. The van der Waals surface area contributed by atoms with Gasteiger partial charge in [-0.25, -0.2) is 9.13 Å². The Balaban J connectivity index is 1.89. The van der Waals surface area contributed by atoms with Crippen LogP contribution in [0.5, 0.6) is 0 Å². The Morgan fingerprint density at radius 2 is 1.52 bits per heavy atom. The van der Waals surface area contributed by atoms with Gasteiger partial charge in [0, 0.05) is 0 Å². The van der Waals surface area contributed by atoms with Crippen molar-refractivity contribution in [1.29, 1.82) is 0 Å². The Labute approximate surface area is 165 Å². The van der Waals surface area contributed by atoms with Crippen LogP contribution in [0.2, 0.25) is 20.1 Å². The van der Waals surface area contributed by atoms with Crippen LogP contribution in [0.3, 0.4) is 0 Å². The maximum absolute atomic E-state index is 6.47. The average Bonchev–Trinajstić information content (AvgIpc) is 2.94. The fourth-order valence-corrected chi connectivity index (χ4v) is 4.25. The molecule has 0 saturated heterocycles. The molecule has 0 aliphatic rings. The average molecular weight is 411 g/mol. The summed E-state index contributed by atoms with van der Waals surface area (Å²) in [6, 6.07) is 14.7. The van der Waals surface area contributed by atoms with Crippen LogP contribution in [-0.4, -0.2) is 4.57 Å². The first-order chi connectivity index (χ1) is 12.0. The number of aromatic nitrogens is 2. The predicted octanol–water partition coefficient (Wildman–Crippen LogP) is 6.28. The zero-order valence-electron chi connectivity index (χ0n) is 13.2. The van der Waals surface area contributed by atoms with E-state index in [2.05, 4.69) is 30.3 Å². The van der Waals surface area contributed by atoms with Crippen molar-refractivity contribution in [2.24, 2.45) is 7.05 Å². The molecule has 1 heterocycles. The Morgan fingerprint density at radius 3 is 2.28 bits per heavy atom. The first-order valence-corrected chi connectivity index (χ1v) is 9.16. The van der Waals surface area contributed by atoms with Crippen LogP contribution in [0.15, 0.2) is 48.8 Å². The number of fused-ring (bicyclic) bond motifs is 2. The minimum atomic E-state index is 0.277. The van der Waals surface area contributed by atoms with Crippen molar-refractivity contribution in [2.45, 2.75) is 6.54 Å². The smallest absolute Gasteiger partial charge is 0.231 e. The van der Waals surface area contributed by atoms with Gasteiger partial charge in [-0.2, -0.15) is 0 Å². The lowest BCUT2D eigenvalue weighted by Crippen LogP contribution is -2.26. The molecule has 0 saturated carbocycles. The Hall–Kier alpha value is -1.45. The summed E-state index contributed by atoms with van der Waals surface area (Å²) < 4.78 is 3.95. The Bertz CT molecular complexity index is 1130. The molecular weight excluding hydrogens is 398 g/mol. The summed E-state index contributed by atoms with van der Waals surface area (Å²) in [4.78, 5) is 0. The van der Waals surface area contributed by atoms with Gasteiger partial charge in [0.25, 0.3) is 0 Å². The number of nitrogens with zero attached hydrogens (tertiary/aromatic N) is 2. The number of benzene rings is 3. The molecule has 0 N–H and O–H groups in total. The molecule has 0 aliphatic heterocycles. The lowest BCUT2D eigenvalue weighted by atomic mass is 10.1. The maximum Gasteiger partial charge on any atom is 0.244 e. The molecular formula is C19H13Cl4N2+. The van der Waals surface area contributed by atoms with Gasteiger partial charge in [-0.05, 0) is 22.4 Å². The SMILES string of the molecule is C[n+]1cn(Cc2ccc3ccccc3c2)c2c(Cl)c(Cl)c(Cl)c(Cl)c21. The topological polar surface area (TPSA) is 8.81 Å². The molecule has 0 unspecified atom stereocenters. The summed E-state index contributed by atoms with van der Waals surface area (Å²) >= 11 is 25.3. The lowest BCUT2D eigenvalue weighted by molar-refractivity contribution is -0.645. The molecule has 4 rings (SSSR count). The fraction of sp³-hybridized carbons (Fsp3) is 0.105. The molecule has 0 amide bonds. The van der Waals surface area contributed by atoms with Crippen molar-refractivity contribution >= 4 is 68.2 Å². The molecule has 0 atom stereocenters. The normalized spacial score (nSPS) is 11.6. The number of imidazole rings is 1. The molecule has 4 aromatic rings. The van der Waals surface area contributed by atoms with Crippen molar-refractivity contribution in [2.75, 3.05) is 0 Å². The van der Waals surface area contributed by atoms with E-state index in [1.165, 1.54) is 10.8 Å². The second-order valence-electron chi connectivity index (χ2n) is 5.99. The molecule has 6 heteroatoms. The van der Waals surface area contributed by atoms with Crippen LogP contribution < -0.4 is 4.57 Å². The van der Waals surface area contributed by atoms with Gasteiger partial charge in [-0.15, -0.1) is 0 Å². The van der Waals surface area contributed by atoms with Crippen LogP contribution >= 0.6 is 46.4 Å². The first-order valence-electron chi connectivity index (χ1n) is 7.65. The highest BCUT2D eigenvalue weighted by molar-refractivity contribution is 6.54. The van der Waals surface area contributed by atoms with Crippen molar-refractivity contribution in [3.63, 3.8) is 0 Å². The van der Waals surface area contributed by atoms with Gasteiger partial charge in [0.2, 0.25) is 6.33 Å². The Kier molecular flexibility index (Phi) is 4.33. The summed E-state index contributed by atoms with van der Waals surface area (Å²) in [5, 5.41) is 3.79. The molecule has 0 radical (unpaired) electrons. The highest BCUT2D eigenvalue weighted by atomic mass is 35.5. The lowest BCUT2D eigenvalue weighted by Gasteiger charge is -2.05. The molecule has 126 valence electrons. The van der Waals surface area contributed by atoms with Crippen LogP contribution in [-0.2, 0) is 13.6 Å². The quantitative estimate of drug-likeness (QED) is 0.209. The van der Waals surface area contributed by atoms with Crippen molar-refractivity contribution < 1.29 is 4.57 Å². The van der Waals surface area contributed by atoms with Gasteiger partial charge in [0.15, 0.2) is 11.0 Å². The third-order valence-electron chi connectivity index (χ3n) is 4.34. The van der Waals surface area contributed by atoms with Gasteiger partial charge in [-0.3, -0.25) is 0 Å². The van der Waals surface area contributed by atoms with E-state index < -0.39 is 0 Å². The number of halogens is 4. The van der Waals surface area contributed by atoms with Crippen LogP contribution in [0.25, 0.3) is 21.8 Å². The second-order valence-corrected chi connectivity index (χ2v) is 7.50. The largest absolute Gasteiger partial charge is 0.244 e. The van der Waals surface area contributed by atoms with E-state index in [-0.39, 0.29) is 10.0 Å². The molecule has 3 aromatic carbocycles. The van der Waals surface area contributed by atoms with Gasteiger partial charge in [0.1, 0.15) is 16.6 Å². The van der Waals surface area contributed by atoms with Gasteiger partial charge in [-0.1, -0.05) is 82.8 Å². The molecule has 0 bridgehead atoms. The minimum absolute atomic E-state index is 0.277. The van der Waals surface area contributed by atoms with Gasteiger partial charge in [0.05, 0.1) is 17.1 Å². The molecule has 0 fully saturated rings. The van der Waals surface area contributed by atoms with Crippen molar-refractivity contribution in [3.05, 3.63) is 74.4 Å². The van der Waals surface area contributed by atoms with Crippen molar-refractivity contribution in [3.8, 4) is 0 Å². The molecule has 2 nitrogen and oxygen atoms in total. The van der Waals surface area contributed by atoms with E-state index in [1.54, 1.807) is 0 Å². The molecule has 1 aromatic heterocycles. The van der Waals surface area contributed by atoms with E-state index in [1.807, 2.05) is 34.6 Å². The number of aryl methyl sites for hydroxylation is 1. The summed E-state index contributed by atoms with van der Waals surface area (Å²) in [6.45, 7) is 0.649. The highest BCUT2D eigenvalue weighted by Crippen LogP contribution is 2.42. The third kappa shape index (κ3) is 2.78. The van der Waals surface area contributed by atoms with Crippen molar-refractivity contribution in [1.82, 2.24) is 4.57 Å².